The lowest BCUT2D eigenvalue weighted by atomic mass is 10.0. The number of rotatable bonds is 9. The van der Waals surface area contributed by atoms with Gasteiger partial charge in [0.05, 0.1) is 13.2 Å². The number of carboxylic acid groups (broad SMARTS) is 1. The summed E-state index contributed by atoms with van der Waals surface area (Å²) in [6.07, 6.45) is -0.747. The van der Waals surface area contributed by atoms with Gasteiger partial charge in [0.25, 0.3) is 0 Å². The minimum atomic E-state index is -1.11. The third-order valence-electron chi connectivity index (χ3n) is 3.28. The number of carbonyl (C=O) groups is 2. The van der Waals surface area contributed by atoms with Crippen molar-refractivity contribution in [3.8, 4) is 0 Å². The van der Waals surface area contributed by atoms with Crippen molar-refractivity contribution in [1.82, 2.24) is 5.32 Å². The molecule has 2 atom stereocenters. The zero-order chi connectivity index (χ0) is 17.4. The fraction of sp³-hybridized carbons (Fsp3) is 0.529. The van der Waals surface area contributed by atoms with Gasteiger partial charge in [0.2, 0.25) is 5.91 Å². The van der Waals surface area contributed by atoms with Crippen LogP contribution in [0.15, 0.2) is 18.2 Å². The van der Waals surface area contributed by atoms with Gasteiger partial charge >= 0.3 is 5.97 Å². The van der Waals surface area contributed by atoms with Gasteiger partial charge in [-0.15, -0.1) is 0 Å². The molecule has 0 radical (unpaired) electrons. The van der Waals surface area contributed by atoms with Crippen LogP contribution in [0.5, 0.6) is 0 Å². The molecule has 0 aliphatic heterocycles. The van der Waals surface area contributed by atoms with Gasteiger partial charge in [-0.25, -0.2) is 4.79 Å². The van der Waals surface area contributed by atoms with Gasteiger partial charge in [0.15, 0.2) is 6.04 Å². The predicted octanol–water partition coefficient (Wildman–Crippen LogP) is 1.99. The SMILES string of the molecule is CCOCCOC(C)C(=O)NC(C(=O)O)c1cc(C)cc(C)c1. The van der Waals surface area contributed by atoms with E-state index in [0.29, 0.717) is 18.8 Å². The Morgan fingerprint density at radius 2 is 1.78 bits per heavy atom. The Labute approximate surface area is 136 Å². The van der Waals surface area contributed by atoms with E-state index in [4.69, 9.17) is 9.47 Å². The minimum Gasteiger partial charge on any atom is -0.479 e. The first-order valence-corrected chi connectivity index (χ1v) is 7.65. The second-order valence-electron chi connectivity index (χ2n) is 5.41. The van der Waals surface area contributed by atoms with E-state index in [2.05, 4.69) is 5.32 Å². The predicted molar refractivity (Wildman–Crippen MR) is 86.3 cm³/mol. The molecule has 0 bridgehead atoms. The first kappa shape index (κ1) is 19.1. The van der Waals surface area contributed by atoms with Crippen LogP contribution >= 0.6 is 0 Å². The molecule has 1 rings (SSSR count). The summed E-state index contributed by atoms with van der Waals surface area (Å²) in [7, 11) is 0. The first-order valence-electron chi connectivity index (χ1n) is 7.65. The highest BCUT2D eigenvalue weighted by Crippen LogP contribution is 2.18. The molecule has 0 aliphatic carbocycles. The molecule has 6 heteroatoms. The van der Waals surface area contributed by atoms with Crippen LogP contribution in [-0.2, 0) is 19.1 Å². The molecular weight excluding hydrogens is 298 g/mol. The number of hydrogen-bond donors (Lipinski definition) is 2. The van der Waals surface area contributed by atoms with Gasteiger partial charge in [-0.05, 0) is 33.3 Å². The summed E-state index contributed by atoms with van der Waals surface area (Å²) in [5.74, 6) is -1.57. The maximum absolute atomic E-state index is 12.1. The molecule has 2 N–H and O–H groups in total. The highest BCUT2D eigenvalue weighted by atomic mass is 16.5. The lowest BCUT2D eigenvalue weighted by Crippen LogP contribution is -2.40. The fourth-order valence-corrected chi connectivity index (χ4v) is 2.23. The molecule has 2 unspecified atom stereocenters. The Morgan fingerprint density at radius 1 is 1.17 bits per heavy atom. The maximum Gasteiger partial charge on any atom is 0.330 e. The Morgan fingerprint density at radius 3 is 2.30 bits per heavy atom. The Hall–Kier alpha value is -1.92. The standard InChI is InChI=1S/C17H25NO5/c1-5-22-6-7-23-13(4)16(19)18-15(17(20)21)14-9-11(2)8-12(3)10-14/h8-10,13,15H,5-7H2,1-4H3,(H,18,19)(H,20,21). The first-order chi connectivity index (χ1) is 10.8. The van der Waals surface area contributed by atoms with Crippen molar-refractivity contribution in [2.45, 2.75) is 39.8 Å². The van der Waals surface area contributed by atoms with E-state index in [9.17, 15) is 14.7 Å². The van der Waals surface area contributed by atoms with Crippen LogP contribution in [-0.4, -0.2) is 42.9 Å². The number of benzene rings is 1. The quantitative estimate of drug-likeness (QED) is 0.679. The van der Waals surface area contributed by atoms with Gasteiger partial charge < -0.3 is 19.9 Å². The highest BCUT2D eigenvalue weighted by molar-refractivity contribution is 5.86. The second kappa shape index (κ2) is 9.27. The fourth-order valence-electron chi connectivity index (χ4n) is 2.23. The number of amides is 1. The Balaban J connectivity index is 2.72. The molecule has 1 amide bonds. The van der Waals surface area contributed by atoms with E-state index in [1.165, 1.54) is 0 Å². The maximum atomic E-state index is 12.1. The zero-order valence-corrected chi connectivity index (χ0v) is 14.1. The normalized spacial score (nSPS) is 13.4. The molecular formula is C17H25NO5. The minimum absolute atomic E-state index is 0.281. The molecule has 23 heavy (non-hydrogen) atoms. The third kappa shape index (κ3) is 6.38. The van der Waals surface area contributed by atoms with Crippen LogP contribution in [0.25, 0.3) is 0 Å². The summed E-state index contributed by atoms with van der Waals surface area (Å²) in [5.41, 5.74) is 2.44. The van der Waals surface area contributed by atoms with Crippen LogP contribution in [0.2, 0.25) is 0 Å². The summed E-state index contributed by atoms with van der Waals surface area (Å²) in [4.78, 5) is 23.6. The number of carbonyl (C=O) groups excluding carboxylic acids is 1. The van der Waals surface area contributed by atoms with Crippen molar-refractivity contribution in [2.24, 2.45) is 0 Å². The van der Waals surface area contributed by atoms with Crippen molar-refractivity contribution >= 4 is 11.9 Å². The lowest BCUT2D eigenvalue weighted by molar-refractivity contribution is -0.144. The molecule has 0 heterocycles. The molecule has 0 aliphatic rings. The lowest BCUT2D eigenvalue weighted by Gasteiger charge is -2.19. The second-order valence-corrected chi connectivity index (χ2v) is 5.41. The van der Waals surface area contributed by atoms with E-state index in [1.807, 2.05) is 26.8 Å². The molecule has 128 valence electrons. The van der Waals surface area contributed by atoms with E-state index < -0.39 is 24.0 Å². The highest BCUT2D eigenvalue weighted by Gasteiger charge is 2.25. The Bertz CT molecular complexity index is 524. The van der Waals surface area contributed by atoms with Gasteiger partial charge in [0.1, 0.15) is 6.10 Å². The van der Waals surface area contributed by atoms with Gasteiger partial charge in [-0.2, -0.15) is 0 Å². The molecule has 0 saturated heterocycles. The van der Waals surface area contributed by atoms with E-state index in [1.54, 1.807) is 19.1 Å². The summed E-state index contributed by atoms with van der Waals surface area (Å²) >= 11 is 0. The summed E-state index contributed by atoms with van der Waals surface area (Å²) < 4.78 is 10.5. The van der Waals surface area contributed by atoms with E-state index in [0.717, 1.165) is 11.1 Å². The van der Waals surface area contributed by atoms with Crippen molar-refractivity contribution in [1.29, 1.82) is 0 Å². The van der Waals surface area contributed by atoms with Crippen molar-refractivity contribution in [3.05, 3.63) is 34.9 Å². The number of ether oxygens (including phenoxy) is 2. The van der Waals surface area contributed by atoms with Gasteiger partial charge in [0, 0.05) is 6.61 Å². The van der Waals surface area contributed by atoms with Crippen LogP contribution in [0.3, 0.4) is 0 Å². The average molecular weight is 323 g/mol. The van der Waals surface area contributed by atoms with E-state index >= 15 is 0 Å². The molecule has 0 aromatic heterocycles. The molecule has 1 aromatic rings. The van der Waals surface area contributed by atoms with Crippen molar-refractivity contribution in [2.75, 3.05) is 19.8 Å². The average Bonchev–Trinajstić information content (AvgIpc) is 2.47. The van der Waals surface area contributed by atoms with Crippen LogP contribution in [0.4, 0.5) is 0 Å². The van der Waals surface area contributed by atoms with Gasteiger partial charge in [-0.1, -0.05) is 29.3 Å². The molecule has 0 spiro atoms. The molecule has 0 fully saturated rings. The summed E-state index contributed by atoms with van der Waals surface area (Å²) in [6.45, 7) is 8.49. The number of aryl methyl sites for hydroxylation is 2. The van der Waals surface area contributed by atoms with E-state index in [-0.39, 0.29) is 6.61 Å². The number of aliphatic carboxylic acids is 1. The monoisotopic (exact) mass is 323 g/mol. The third-order valence-corrected chi connectivity index (χ3v) is 3.28. The molecule has 6 nitrogen and oxygen atoms in total. The summed E-state index contributed by atoms with van der Waals surface area (Å²) in [6, 6.07) is 4.36. The van der Waals surface area contributed by atoms with Gasteiger partial charge in [-0.3, -0.25) is 4.79 Å². The number of nitrogens with one attached hydrogen (secondary N) is 1. The zero-order valence-electron chi connectivity index (χ0n) is 14.1. The van der Waals surface area contributed by atoms with Crippen LogP contribution in [0, 0.1) is 13.8 Å². The van der Waals surface area contributed by atoms with Crippen molar-refractivity contribution < 1.29 is 24.2 Å². The Kier molecular flexibility index (Phi) is 7.71. The van der Waals surface area contributed by atoms with Crippen molar-refractivity contribution in [3.63, 3.8) is 0 Å². The summed E-state index contributed by atoms with van der Waals surface area (Å²) in [5, 5.41) is 11.9. The largest absolute Gasteiger partial charge is 0.479 e. The molecule has 1 aromatic carbocycles. The number of carboxylic acids is 1. The van der Waals surface area contributed by atoms with Crippen LogP contribution in [0.1, 0.15) is 36.6 Å². The number of hydrogen-bond acceptors (Lipinski definition) is 4. The molecule has 0 saturated carbocycles. The smallest absolute Gasteiger partial charge is 0.330 e. The topological polar surface area (TPSA) is 84.9 Å². The van der Waals surface area contributed by atoms with Crippen LogP contribution < -0.4 is 5.32 Å².